The van der Waals surface area contributed by atoms with Crippen molar-refractivity contribution < 1.29 is 4.42 Å². The average molecular weight is 361 g/mol. The molecule has 6 nitrogen and oxygen atoms in total. The number of pyridine rings is 1. The minimum atomic E-state index is 0.720. The highest BCUT2D eigenvalue weighted by Crippen LogP contribution is 2.41. The molecule has 0 saturated carbocycles. The van der Waals surface area contributed by atoms with Crippen LogP contribution in [0.15, 0.2) is 52.2 Å². The topological polar surface area (TPSA) is 69.1 Å². The lowest BCUT2D eigenvalue weighted by Crippen LogP contribution is -2.08. The normalized spacial score (nSPS) is 13.1. The molecule has 4 aromatic heterocycles. The van der Waals surface area contributed by atoms with E-state index in [1.54, 1.807) is 30.0 Å². The van der Waals surface area contributed by atoms with Gasteiger partial charge >= 0.3 is 0 Å². The number of thiazole rings is 1. The van der Waals surface area contributed by atoms with Crippen molar-refractivity contribution in [3.05, 3.63) is 64.8 Å². The van der Waals surface area contributed by atoms with Gasteiger partial charge in [-0.25, -0.2) is 19.6 Å². The summed E-state index contributed by atoms with van der Waals surface area (Å²) in [5.74, 6) is 1.56. The predicted molar refractivity (Wildman–Crippen MR) is 101 cm³/mol. The zero-order valence-corrected chi connectivity index (χ0v) is 14.9. The molecule has 0 bridgehead atoms. The highest BCUT2D eigenvalue weighted by Gasteiger charge is 2.27. The first kappa shape index (κ1) is 15.2. The molecule has 0 N–H and O–H groups in total. The molecule has 7 heteroatoms. The van der Waals surface area contributed by atoms with Gasteiger partial charge in [0.15, 0.2) is 5.82 Å². The molecule has 0 aromatic carbocycles. The Morgan fingerprint density at radius 1 is 1.23 bits per heavy atom. The summed E-state index contributed by atoms with van der Waals surface area (Å²) in [5, 5.41) is 5.46. The Morgan fingerprint density at radius 2 is 2.19 bits per heavy atom. The first-order valence-corrected chi connectivity index (χ1v) is 9.19. The van der Waals surface area contributed by atoms with Gasteiger partial charge < -0.3 is 4.42 Å². The van der Waals surface area contributed by atoms with Crippen LogP contribution in [0, 0.1) is 6.92 Å². The number of hydrogen-bond acceptors (Lipinski definition) is 6. The molecular formula is C19H15N5OS. The molecule has 0 unspecified atom stereocenters. The summed E-state index contributed by atoms with van der Waals surface area (Å²) in [6, 6.07) is 9.58. The van der Waals surface area contributed by atoms with Crippen LogP contribution in [0.25, 0.3) is 17.1 Å². The molecule has 0 radical (unpaired) electrons. The molecule has 0 fully saturated rings. The molecule has 0 saturated heterocycles. The largest absolute Gasteiger partial charge is 0.463 e. The number of aromatic nitrogens is 4. The number of furan rings is 1. The molecule has 5 rings (SSSR count). The molecule has 4 aromatic rings. The van der Waals surface area contributed by atoms with Gasteiger partial charge in [0, 0.05) is 16.6 Å². The fourth-order valence-electron chi connectivity index (χ4n) is 3.26. The third-order valence-electron chi connectivity index (χ3n) is 4.38. The fourth-order valence-corrected chi connectivity index (χ4v) is 4.17. The molecule has 4 heterocycles. The first-order chi connectivity index (χ1) is 12.8. The minimum absolute atomic E-state index is 0.720. The maximum atomic E-state index is 5.29. The van der Waals surface area contributed by atoms with Crippen LogP contribution in [0.4, 0.5) is 5.13 Å². The smallest absolute Gasteiger partial charge is 0.210 e. The summed E-state index contributed by atoms with van der Waals surface area (Å²) in [6.07, 6.45) is 6.99. The summed E-state index contributed by atoms with van der Waals surface area (Å²) in [5.41, 5.74) is 4.26. The van der Waals surface area contributed by atoms with E-state index >= 15 is 0 Å². The SMILES string of the molecule is Cc1nn(-c2ccccn2)c2c1-c1nc(/N=C/c3ccco3)sc1CC2. The number of rotatable bonds is 3. The highest BCUT2D eigenvalue weighted by molar-refractivity contribution is 7.15. The van der Waals surface area contributed by atoms with Gasteiger partial charge in [0.05, 0.1) is 29.6 Å². The second-order valence-electron chi connectivity index (χ2n) is 6.05. The Hall–Kier alpha value is -3.06. The van der Waals surface area contributed by atoms with Gasteiger partial charge in [0.2, 0.25) is 5.13 Å². The number of hydrogen-bond donors (Lipinski definition) is 0. The Balaban J connectivity index is 1.57. The van der Waals surface area contributed by atoms with E-state index in [1.165, 1.54) is 10.6 Å². The zero-order valence-electron chi connectivity index (χ0n) is 14.1. The first-order valence-electron chi connectivity index (χ1n) is 8.37. The maximum Gasteiger partial charge on any atom is 0.210 e. The number of aliphatic imine (C=N–C) groups is 1. The van der Waals surface area contributed by atoms with E-state index in [2.05, 4.69) is 9.98 Å². The van der Waals surface area contributed by atoms with Crippen LogP contribution < -0.4 is 0 Å². The molecular weight excluding hydrogens is 346 g/mol. The molecule has 0 aliphatic heterocycles. The lowest BCUT2D eigenvalue weighted by molar-refractivity contribution is 0.560. The monoisotopic (exact) mass is 361 g/mol. The molecule has 0 amide bonds. The van der Waals surface area contributed by atoms with E-state index in [9.17, 15) is 0 Å². The summed E-state index contributed by atoms with van der Waals surface area (Å²) >= 11 is 1.63. The standard InChI is InChI=1S/C19H15N5OS/c1-12-17-14(24(23-12)16-6-2-3-9-20-16)7-8-15-18(17)22-19(26-15)21-11-13-5-4-10-25-13/h2-6,9-11H,7-8H2,1H3/b21-11+. The van der Waals surface area contributed by atoms with E-state index in [0.717, 1.165) is 46.5 Å². The lowest BCUT2D eigenvalue weighted by Gasteiger charge is -2.13. The van der Waals surface area contributed by atoms with Crippen molar-refractivity contribution in [3.63, 3.8) is 0 Å². The lowest BCUT2D eigenvalue weighted by atomic mass is 9.98. The Morgan fingerprint density at radius 3 is 3.00 bits per heavy atom. The molecule has 0 spiro atoms. The molecule has 128 valence electrons. The van der Waals surface area contributed by atoms with Crippen molar-refractivity contribution in [2.75, 3.05) is 0 Å². The summed E-state index contributed by atoms with van der Waals surface area (Å²) in [7, 11) is 0. The molecule has 1 aliphatic carbocycles. The van der Waals surface area contributed by atoms with E-state index in [4.69, 9.17) is 14.5 Å². The van der Waals surface area contributed by atoms with Crippen LogP contribution in [-0.2, 0) is 12.8 Å². The number of nitrogens with zero attached hydrogens (tertiary/aromatic N) is 5. The van der Waals surface area contributed by atoms with E-state index in [0.29, 0.717) is 0 Å². The molecule has 1 aliphatic rings. The van der Waals surface area contributed by atoms with Gasteiger partial charge in [-0.1, -0.05) is 17.4 Å². The Bertz CT molecular complexity index is 1090. The van der Waals surface area contributed by atoms with E-state index in [-0.39, 0.29) is 0 Å². The molecule has 26 heavy (non-hydrogen) atoms. The number of aryl methyl sites for hydroxylation is 2. The van der Waals surface area contributed by atoms with Gasteiger partial charge in [-0.2, -0.15) is 5.10 Å². The average Bonchev–Trinajstić information content (AvgIpc) is 3.39. The van der Waals surface area contributed by atoms with Gasteiger partial charge in [-0.3, -0.25) is 0 Å². The second kappa shape index (κ2) is 6.03. The van der Waals surface area contributed by atoms with Crippen LogP contribution in [0.1, 0.15) is 22.0 Å². The predicted octanol–water partition coefficient (Wildman–Crippen LogP) is 4.14. The van der Waals surface area contributed by atoms with Gasteiger partial charge in [0.25, 0.3) is 0 Å². The Labute approximate surface area is 153 Å². The highest BCUT2D eigenvalue weighted by atomic mass is 32.1. The Kier molecular flexibility index (Phi) is 3.53. The van der Waals surface area contributed by atoms with Gasteiger partial charge in [0.1, 0.15) is 5.76 Å². The zero-order chi connectivity index (χ0) is 17.5. The van der Waals surface area contributed by atoms with E-state index < -0.39 is 0 Å². The van der Waals surface area contributed by atoms with Crippen LogP contribution >= 0.6 is 11.3 Å². The van der Waals surface area contributed by atoms with Crippen molar-refractivity contribution >= 4 is 22.7 Å². The van der Waals surface area contributed by atoms with Gasteiger partial charge in [-0.15, -0.1) is 0 Å². The van der Waals surface area contributed by atoms with Crippen molar-refractivity contribution in [1.29, 1.82) is 0 Å². The summed E-state index contributed by atoms with van der Waals surface area (Å²) in [4.78, 5) is 14.9. The third-order valence-corrected chi connectivity index (χ3v) is 5.40. The van der Waals surface area contributed by atoms with Crippen LogP contribution in [0.5, 0.6) is 0 Å². The van der Waals surface area contributed by atoms with Crippen LogP contribution in [-0.4, -0.2) is 26.0 Å². The maximum absolute atomic E-state index is 5.29. The number of fused-ring (bicyclic) bond motifs is 3. The molecule has 0 atom stereocenters. The summed E-state index contributed by atoms with van der Waals surface area (Å²) in [6.45, 7) is 2.03. The minimum Gasteiger partial charge on any atom is -0.463 e. The quantitative estimate of drug-likeness (QED) is 0.514. The van der Waals surface area contributed by atoms with Crippen LogP contribution in [0.3, 0.4) is 0 Å². The van der Waals surface area contributed by atoms with Gasteiger partial charge in [-0.05, 0) is 44.0 Å². The van der Waals surface area contributed by atoms with Crippen LogP contribution in [0.2, 0.25) is 0 Å². The van der Waals surface area contributed by atoms with E-state index in [1.807, 2.05) is 41.9 Å². The van der Waals surface area contributed by atoms with Crippen molar-refractivity contribution in [1.82, 2.24) is 19.7 Å². The van der Waals surface area contributed by atoms with Crippen molar-refractivity contribution in [2.24, 2.45) is 4.99 Å². The third kappa shape index (κ3) is 2.48. The van der Waals surface area contributed by atoms with Crippen molar-refractivity contribution in [3.8, 4) is 17.1 Å². The summed E-state index contributed by atoms with van der Waals surface area (Å²) < 4.78 is 7.24. The van der Waals surface area contributed by atoms with Crippen molar-refractivity contribution in [2.45, 2.75) is 19.8 Å². The second-order valence-corrected chi connectivity index (χ2v) is 7.11. The fraction of sp³-hybridized carbons (Fsp3) is 0.158.